The molecule has 2 aromatic carbocycles. The summed E-state index contributed by atoms with van der Waals surface area (Å²) in [4.78, 5) is 15.3. The van der Waals surface area contributed by atoms with Gasteiger partial charge in [-0.3, -0.25) is 4.79 Å². The van der Waals surface area contributed by atoms with Crippen LogP contribution in [0.5, 0.6) is 17.2 Å². The van der Waals surface area contributed by atoms with Crippen LogP contribution in [-0.2, 0) is 4.79 Å². The van der Waals surface area contributed by atoms with E-state index in [4.69, 9.17) is 14.2 Å². The van der Waals surface area contributed by atoms with Gasteiger partial charge >= 0.3 is 0 Å². The highest BCUT2D eigenvalue weighted by molar-refractivity contribution is 5.92. The zero-order chi connectivity index (χ0) is 23.4. The fraction of sp³-hybridized carbons (Fsp3) is 0.444. The maximum atomic E-state index is 13.4. The maximum Gasteiger partial charge on any atom is 0.247 e. The highest BCUT2D eigenvalue weighted by Crippen LogP contribution is 2.51. The molecule has 6 nitrogen and oxygen atoms in total. The molecule has 2 aromatic rings. The quantitative estimate of drug-likeness (QED) is 0.649. The Bertz CT molecular complexity index is 1000. The van der Waals surface area contributed by atoms with Gasteiger partial charge in [0.2, 0.25) is 5.91 Å². The van der Waals surface area contributed by atoms with E-state index in [-0.39, 0.29) is 17.9 Å². The van der Waals surface area contributed by atoms with Crippen molar-refractivity contribution in [3.05, 3.63) is 59.7 Å². The van der Waals surface area contributed by atoms with E-state index in [0.29, 0.717) is 24.5 Å². The van der Waals surface area contributed by atoms with Crippen LogP contribution in [0.1, 0.15) is 49.3 Å². The van der Waals surface area contributed by atoms with Crippen LogP contribution in [0.15, 0.2) is 48.5 Å². The third-order valence-corrected chi connectivity index (χ3v) is 7.14. The predicted octanol–water partition coefficient (Wildman–Crippen LogP) is 4.62. The summed E-state index contributed by atoms with van der Waals surface area (Å²) in [6.07, 6.45) is 7.76. The number of nitrogens with zero attached hydrogens (tertiary/aromatic N) is 1. The van der Waals surface area contributed by atoms with E-state index in [1.165, 1.54) is 0 Å². The molecule has 1 N–H and O–H groups in total. The first kappa shape index (κ1) is 23.2. The number of methoxy groups -OCH3 is 3. The Morgan fingerprint density at radius 3 is 2.42 bits per heavy atom. The lowest BCUT2D eigenvalue weighted by molar-refractivity contribution is -0.151. The third-order valence-electron chi connectivity index (χ3n) is 7.14. The number of aliphatic hydroxyl groups is 1. The molecule has 1 aliphatic heterocycles. The minimum atomic E-state index is -0.760. The number of fused-ring (bicyclic) bond motifs is 1. The van der Waals surface area contributed by atoms with Gasteiger partial charge in [-0.25, -0.2) is 0 Å². The van der Waals surface area contributed by atoms with Crippen molar-refractivity contribution in [2.75, 3.05) is 27.9 Å². The number of carbonyl (C=O) groups is 1. The highest BCUT2D eigenvalue weighted by atomic mass is 16.5. The van der Waals surface area contributed by atoms with Crippen molar-refractivity contribution in [1.29, 1.82) is 0 Å². The van der Waals surface area contributed by atoms with E-state index in [9.17, 15) is 9.90 Å². The summed E-state index contributed by atoms with van der Waals surface area (Å²) in [6, 6.07) is 13.0. The molecule has 0 spiro atoms. The van der Waals surface area contributed by atoms with E-state index in [1.807, 2.05) is 53.4 Å². The second-order valence-corrected chi connectivity index (χ2v) is 8.90. The number of benzene rings is 2. The minimum absolute atomic E-state index is 0.0411. The molecule has 33 heavy (non-hydrogen) atoms. The van der Waals surface area contributed by atoms with Crippen LogP contribution in [0.4, 0.5) is 0 Å². The zero-order valence-corrected chi connectivity index (χ0v) is 19.6. The molecular weight excluding hydrogens is 418 g/mol. The molecule has 0 radical (unpaired) electrons. The number of hydrogen-bond donors (Lipinski definition) is 1. The van der Waals surface area contributed by atoms with Crippen molar-refractivity contribution in [3.8, 4) is 17.2 Å². The van der Waals surface area contributed by atoms with Crippen molar-refractivity contribution in [1.82, 2.24) is 4.90 Å². The molecule has 6 heteroatoms. The SMILES string of the molecule is COc1ccc(/C=C/C(=O)N2CC[C@@]3(O)CCCC[C@@H]3[C@@H]2c2ccc(OC)cc2OC)cc1. The highest BCUT2D eigenvalue weighted by Gasteiger charge is 2.50. The summed E-state index contributed by atoms with van der Waals surface area (Å²) in [6.45, 7) is 0.499. The van der Waals surface area contributed by atoms with Crippen LogP contribution in [0, 0.1) is 5.92 Å². The first-order valence-corrected chi connectivity index (χ1v) is 11.6. The monoisotopic (exact) mass is 451 g/mol. The van der Waals surface area contributed by atoms with Gasteiger partial charge in [-0.2, -0.15) is 0 Å². The Labute approximate surface area is 195 Å². The van der Waals surface area contributed by atoms with Gasteiger partial charge in [-0.15, -0.1) is 0 Å². The van der Waals surface area contributed by atoms with Crippen LogP contribution >= 0.6 is 0 Å². The van der Waals surface area contributed by atoms with E-state index >= 15 is 0 Å². The van der Waals surface area contributed by atoms with Gasteiger partial charge in [-0.1, -0.05) is 25.0 Å². The molecule has 2 fully saturated rings. The smallest absolute Gasteiger partial charge is 0.247 e. The molecule has 1 heterocycles. The fourth-order valence-electron chi connectivity index (χ4n) is 5.35. The first-order valence-electron chi connectivity index (χ1n) is 11.6. The van der Waals surface area contributed by atoms with Crippen molar-refractivity contribution in [2.45, 2.75) is 43.7 Å². The number of rotatable bonds is 6. The molecule has 3 atom stereocenters. The summed E-state index contributed by atoms with van der Waals surface area (Å²) >= 11 is 0. The van der Waals surface area contributed by atoms with Crippen molar-refractivity contribution < 1.29 is 24.1 Å². The molecular formula is C27H33NO5. The molecule has 0 unspecified atom stereocenters. The molecule has 1 amide bonds. The fourth-order valence-corrected chi connectivity index (χ4v) is 5.35. The lowest BCUT2D eigenvalue weighted by Gasteiger charge is -2.52. The average molecular weight is 452 g/mol. The number of carbonyl (C=O) groups excluding carboxylic acids is 1. The summed E-state index contributed by atoms with van der Waals surface area (Å²) in [5.74, 6) is 2.04. The van der Waals surface area contributed by atoms with Gasteiger partial charge in [0.25, 0.3) is 0 Å². The number of likely N-dealkylation sites (tertiary alicyclic amines) is 1. The van der Waals surface area contributed by atoms with Crippen molar-refractivity contribution in [2.24, 2.45) is 5.92 Å². The number of hydrogen-bond acceptors (Lipinski definition) is 5. The third kappa shape index (κ3) is 4.71. The molecule has 0 aromatic heterocycles. The first-order chi connectivity index (χ1) is 16.0. The largest absolute Gasteiger partial charge is 0.497 e. The van der Waals surface area contributed by atoms with Crippen LogP contribution in [0.3, 0.4) is 0 Å². The molecule has 4 rings (SSSR count). The van der Waals surface area contributed by atoms with Gasteiger partial charge in [0.15, 0.2) is 0 Å². The van der Waals surface area contributed by atoms with Gasteiger partial charge < -0.3 is 24.2 Å². The summed E-state index contributed by atoms with van der Waals surface area (Å²) in [7, 11) is 4.88. The summed E-state index contributed by atoms with van der Waals surface area (Å²) < 4.78 is 16.3. The normalized spacial score (nSPS) is 24.9. The lowest BCUT2D eigenvalue weighted by atomic mass is 9.66. The van der Waals surface area contributed by atoms with Crippen LogP contribution in [-0.4, -0.2) is 49.4 Å². The van der Waals surface area contributed by atoms with E-state index in [2.05, 4.69) is 0 Å². The standard InChI is InChI=1S/C27H33NO5/c1-31-20-10-7-19(8-11-20)9-14-25(29)28-17-16-27(30)15-5-4-6-23(27)26(28)22-13-12-21(32-2)18-24(22)33-3/h7-14,18,23,26,30H,4-6,15-17H2,1-3H3/b14-9+/t23-,26+,27+/m1/s1. The van der Waals surface area contributed by atoms with E-state index in [0.717, 1.165) is 42.6 Å². The van der Waals surface area contributed by atoms with Gasteiger partial charge in [0, 0.05) is 30.2 Å². The predicted molar refractivity (Wildman–Crippen MR) is 128 cm³/mol. The zero-order valence-electron chi connectivity index (χ0n) is 19.6. The molecule has 176 valence electrons. The van der Waals surface area contributed by atoms with E-state index in [1.54, 1.807) is 27.4 Å². The average Bonchev–Trinajstić information content (AvgIpc) is 2.86. The van der Waals surface area contributed by atoms with Crippen molar-refractivity contribution >= 4 is 12.0 Å². The molecule has 0 bridgehead atoms. The van der Waals surface area contributed by atoms with E-state index < -0.39 is 5.60 Å². The Balaban J connectivity index is 1.68. The Kier molecular flexibility index (Phi) is 6.94. The Hall–Kier alpha value is -2.99. The van der Waals surface area contributed by atoms with Gasteiger partial charge in [0.05, 0.1) is 33.0 Å². The molecule has 1 saturated heterocycles. The number of amides is 1. The molecule has 2 aliphatic rings. The maximum absolute atomic E-state index is 13.4. The summed E-state index contributed by atoms with van der Waals surface area (Å²) in [5.41, 5.74) is 1.08. The Morgan fingerprint density at radius 1 is 1.00 bits per heavy atom. The van der Waals surface area contributed by atoms with Crippen LogP contribution in [0.25, 0.3) is 6.08 Å². The van der Waals surface area contributed by atoms with Crippen LogP contribution in [0.2, 0.25) is 0 Å². The number of piperidine rings is 1. The lowest BCUT2D eigenvalue weighted by Crippen LogP contribution is -2.56. The van der Waals surface area contributed by atoms with Gasteiger partial charge in [-0.05, 0) is 55.2 Å². The second-order valence-electron chi connectivity index (χ2n) is 8.90. The molecule has 1 saturated carbocycles. The van der Waals surface area contributed by atoms with Crippen LogP contribution < -0.4 is 14.2 Å². The second kappa shape index (κ2) is 9.87. The summed E-state index contributed by atoms with van der Waals surface area (Å²) in [5, 5.41) is 11.5. The van der Waals surface area contributed by atoms with Gasteiger partial charge in [0.1, 0.15) is 17.2 Å². The minimum Gasteiger partial charge on any atom is -0.497 e. The molecule has 1 aliphatic carbocycles. The Morgan fingerprint density at radius 2 is 1.73 bits per heavy atom. The topological polar surface area (TPSA) is 68.2 Å². The van der Waals surface area contributed by atoms with Crippen molar-refractivity contribution in [3.63, 3.8) is 0 Å². The number of ether oxygens (including phenoxy) is 3.